The Morgan fingerprint density at radius 2 is 1.60 bits per heavy atom. The van der Waals surface area contributed by atoms with E-state index in [2.05, 4.69) is 25.9 Å². The van der Waals surface area contributed by atoms with Crippen molar-refractivity contribution in [2.75, 3.05) is 6.54 Å². The number of aromatic amines is 1. The van der Waals surface area contributed by atoms with Crippen LogP contribution in [0.5, 0.6) is 0 Å². The number of aliphatic carboxylic acids is 1. The first-order chi connectivity index (χ1) is 16.5. The smallest absolute Gasteiger partial charge is 0.326 e. The summed E-state index contributed by atoms with van der Waals surface area (Å²) in [4.78, 5) is 56.9. The standard InChI is InChI=1S/C22H39N7O6/c1-12(2)8-17(22(34)35)29-20(32)16(9-14-10-25-11-26-14)28-19(31)15(6-4-5-7-23)27-21(33)18(24)13(3)30/h10-13,15-18,30H,4-9,23-24H2,1-3H3,(H,25,26)(H,27,33)(H,28,31)(H,29,32)(H,34,35). The minimum absolute atomic E-state index is 0.0114. The number of carbonyl (C=O) groups is 4. The third-order valence-electron chi connectivity index (χ3n) is 5.34. The van der Waals surface area contributed by atoms with Crippen LogP contribution in [-0.4, -0.2) is 80.7 Å². The number of hydrogen-bond donors (Lipinski definition) is 8. The maximum absolute atomic E-state index is 13.1. The number of carboxylic acid groups (broad SMARTS) is 1. The van der Waals surface area contributed by atoms with Crippen molar-refractivity contribution in [3.63, 3.8) is 0 Å². The Morgan fingerprint density at radius 3 is 2.11 bits per heavy atom. The number of nitrogens with one attached hydrogen (secondary N) is 4. The molecule has 0 aliphatic heterocycles. The summed E-state index contributed by atoms with van der Waals surface area (Å²) in [6.45, 7) is 5.42. The molecule has 1 aromatic heterocycles. The maximum Gasteiger partial charge on any atom is 0.326 e. The lowest BCUT2D eigenvalue weighted by atomic mass is 10.0. The zero-order valence-corrected chi connectivity index (χ0v) is 20.5. The number of aliphatic hydroxyl groups excluding tert-OH is 1. The Bertz CT molecular complexity index is 815. The molecule has 35 heavy (non-hydrogen) atoms. The lowest BCUT2D eigenvalue weighted by molar-refractivity contribution is -0.142. The largest absolute Gasteiger partial charge is 0.480 e. The fourth-order valence-electron chi connectivity index (χ4n) is 3.31. The van der Waals surface area contributed by atoms with Gasteiger partial charge in [-0.05, 0) is 45.1 Å². The van der Waals surface area contributed by atoms with Gasteiger partial charge in [0.25, 0.3) is 0 Å². The molecule has 198 valence electrons. The predicted molar refractivity (Wildman–Crippen MR) is 128 cm³/mol. The van der Waals surface area contributed by atoms with Gasteiger partial charge >= 0.3 is 5.97 Å². The first kappa shape index (κ1) is 30.0. The number of rotatable bonds is 16. The topological polar surface area (TPSA) is 226 Å². The van der Waals surface area contributed by atoms with Gasteiger partial charge in [0.05, 0.1) is 12.4 Å². The number of imidazole rings is 1. The molecular formula is C22H39N7O6. The van der Waals surface area contributed by atoms with Crippen molar-refractivity contribution >= 4 is 23.7 Å². The van der Waals surface area contributed by atoms with Crippen molar-refractivity contribution in [3.05, 3.63) is 18.2 Å². The van der Waals surface area contributed by atoms with E-state index in [1.54, 1.807) is 0 Å². The van der Waals surface area contributed by atoms with E-state index in [1.165, 1.54) is 19.4 Å². The monoisotopic (exact) mass is 497 g/mol. The SMILES string of the molecule is CC(C)CC(NC(=O)C(Cc1cnc[nH]1)NC(=O)C(CCCCN)NC(=O)C(N)C(C)O)C(=O)O. The van der Waals surface area contributed by atoms with Crippen molar-refractivity contribution < 1.29 is 29.4 Å². The molecule has 0 spiro atoms. The fourth-order valence-corrected chi connectivity index (χ4v) is 3.31. The van der Waals surface area contributed by atoms with Crippen molar-refractivity contribution in [2.24, 2.45) is 17.4 Å². The van der Waals surface area contributed by atoms with Crippen LogP contribution in [-0.2, 0) is 25.6 Å². The molecule has 10 N–H and O–H groups in total. The molecule has 1 heterocycles. The summed E-state index contributed by atoms with van der Waals surface area (Å²) in [6, 6.07) is -4.55. The van der Waals surface area contributed by atoms with E-state index in [-0.39, 0.29) is 25.2 Å². The number of aromatic nitrogens is 2. The van der Waals surface area contributed by atoms with Gasteiger partial charge in [-0.15, -0.1) is 0 Å². The van der Waals surface area contributed by atoms with Gasteiger partial charge in [0.2, 0.25) is 17.7 Å². The molecule has 13 heteroatoms. The summed E-state index contributed by atoms with van der Waals surface area (Å²) in [5.74, 6) is -3.22. The van der Waals surface area contributed by atoms with E-state index in [0.29, 0.717) is 25.1 Å². The molecule has 0 radical (unpaired) electrons. The van der Waals surface area contributed by atoms with Crippen LogP contribution in [0.4, 0.5) is 0 Å². The van der Waals surface area contributed by atoms with Crippen LogP contribution in [0.1, 0.15) is 52.1 Å². The Hall–Kier alpha value is -3.03. The van der Waals surface area contributed by atoms with Crippen molar-refractivity contribution in [1.29, 1.82) is 0 Å². The second-order valence-corrected chi connectivity index (χ2v) is 8.98. The lowest BCUT2D eigenvalue weighted by Gasteiger charge is -2.26. The van der Waals surface area contributed by atoms with Crippen LogP contribution in [0, 0.1) is 5.92 Å². The second-order valence-electron chi connectivity index (χ2n) is 8.98. The third-order valence-corrected chi connectivity index (χ3v) is 5.34. The summed E-state index contributed by atoms with van der Waals surface area (Å²) in [6.07, 6.45) is 3.35. The lowest BCUT2D eigenvalue weighted by Crippen LogP contribution is -2.58. The van der Waals surface area contributed by atoms with Crippen molar-refractivity contribution in [3.8, 4) is 0 Å². The van der Waals surface area contributed by atoms with Crippen LogP contribution >= 0.6 is 0 Å². The summed E-state index contributed by atoms with van der Waals surface area (Å²) in [5.41, 5.74) is 11.8. The maximum atomic E-state index is 13.1. The molecule has 0 aliphatic carbocycles. The average Bonchev–Trinajstić information content (AvgIpc) is 3.29. The average molecular weight is 498 g/mol. The van der Waals surface area contributed by atoms with E-state index in [0.717, 1.165) is 0 Å². The highest BCUT2D eigenvalue weighted by atomic mass is 16.4. The Kier molecular flexibility index (Phi) is 12.9. The van der Waals surface area contributed by atoms with Gasteiger partial charge in [0.15, 0.2) is 0 Å². The Balaban J connectivity index is 3.06. The molecule has 0 bridgehead atoms. The molecule has 0 fully saturated rings. The molecule has 5 unspecified atom stereocenters. The normalized spacial score (nSPS) is 15.5. The highest BCUT2D eigenvalue weighted by molar-refractivity contribution is 5.94. The molecule has 0 aromatic carbocycles. The first-order valence-corrected chi connectivity index (χ1v) is 11.7. The zero-order chi connectivity index (χ0) is 26.5. The number of unbranched alkanes of at least 4 members (excludes halogenated alkanes) is 1. The summed E-state index contributed by atoms with van der Waals surface area (Å²) in [7, 11) is 0. The first-order valence-electron chi connectivity index (χ1n) is 11.7. The van der Waals surface area contributed by atoms with Gasteiger partial charge in [-0.2, -0.15) is 0 Å². The van der Waals surface area contributed by atoms with E-state index in [4.69, 9.17) is 11.5 Å². The summed E-state index contributed by atoms with van der Waals surface area (Å²) < 4.78 is 0. The van der Waals surface area contributed by atoms with Crippen LogP contribution in [0.2, 0.25) is 0 Å². The molecule has 13 nitrogen and oxygen atoms in total. The number of hydrogen-bond acceptors (Lipinski definition) is 8. The predicted octanol–water partition coefficient (Wildman–Crippen LogP) is -1.63. The number of aliphatic hydroxyl groups is 1. The van der Waals surface area contributed by atoms with E-state index in [1.807, 2.05) is 13.8 Å². The number of amides is 3. The van der Waals surface area contributed by atoms with Crippen LogP contribution in [0.25, 0.3) is 0 Å². The van der Waals surface area contributed by atoms with Gasteiger partial charge in [-0.3, -0.25) is 14.4 Å². The highest BCUT2D eigenvalue weighted by Crippen LogP contribution is 2.08. The Morgan fingerprint density at radius 1 is 1.00 bits per heavy atom. The van der Waals surface area contributed by atoms with Crippen LogP contribution in [0.3, 0.4) is 0 Å². The molecule has 0 saturated heterocycles. The minimum Gasteiger partial charge on any atom is -0.480 e. The highest BCUT2D eigenvalue weighted by Gasteiger charge is 2.31. The number of carboxylic acids is 1. The van der Waals surface area contributed by atoms with E-state index < -0.39 is 54.0 Å². The Labute approximate surface area is 204 Å². The summed E-state index contributed by atoms with van der Waals surface area (Å²) in [5, 5.41) is 26.7. The zero-order valence-electron chi connectivity index (χ0n) is 20.5. The molecular weight excluding hydrogens is 458 g/mol. The van der Waals surface area contributed by atoms with E-state index >= 15 is 0 Å². The van der Waals surface area contributed by atoms with Crippen molar-refractivity contribution in [2.45, 2.75) is 83.1 Å². The number of nitrogens with two attached hydrogens (primary N) is 2. The number of nitrogens with zero attached hydrogens (tertiary/aromatic N) is 1. The molecule has 1 rings (SSSR count). The third kappa shape index (κ3) is 10.8. The molecule has 1 aromatic rings. The summed E-state index contributed by atoms with van der Waals surface area (Å²) >= 11 is 0. The van der Waals surface area contributed by atoms with Crippen LogP contribution in [0.15, 0.2) is 12.5 Å². The number of H-pyrrole nitrogens is 1. The van der Waals surface area contributed by atoms with Gasteiger partial charge in [0, 0.05) is 18.3 Å². The second kappa shape index (κ2) is 15.1. The van der Waals surface area contributed by atoms with Gasteiger partial charge in [0.1, 0.15) is 24.2 Å². The molecule has 3 amide bonds. The quantitative estimate of drug-likeness (QED) is 0.123. The van der Waals surface area contributed by atoms with Crippen LogP contribution < -0.4 is 27.4 Å². The van der Waals surface area contributed by atoms with E-state index in [9.17, 15) is 29.4 Å². The molecule has 0 saturated carbocycles. The van der Waals surface area contributed by atoms with Gasteiger partial charge in [-0.25, -0.2) is 9.78 Å². The van der Waals surface area contributed by atoms with Crippen molar-refractivity contribution in [1.82, 2.24) is 25.9 Å². The van der Waals surface area contributed by atoms with Gasteiger partial charge < -0.3 is 42.6 Å². The fraction of sp³-hybridized carbons (Fsp3) is 0.682. The van der Waals surface area contributed by atoms with Gasteiger partial charge in [-0.1, -0.05) is 13.8 Å². The molecule has 5 atom stereocenters. The molecule has 0 aliphatic rings. The minimum atomic E-state index is -1.24. The number of carbonyl (C=O) groups excluding carboxylic acids is 3.